The van der Waals surface area contributed by atoms with E-state index in [0.717, 1.165) is 12.8 Å². The van der Waals surface area contributed by atoms with Crippen LogP contribution in [0.3, 0.4) is 0 Å². The lowest BCUT2D eigenvalue weighted by molar-refractivity contribution is -0.384. The molecule has 0 aromatic heterocycles. The van der Waals surface area contributed by atoms with Crippen LogP contribution in [0.25, 0.3) is 0 Å². The highest BCUT2D eigenvalue weighted by atomic mass is 35.5. The van der Waals surface area contributed by atoms with Gasteiger partial charge in [0.1, 0.15) is 5.69 Å². The second-order valence-corrected chi connectivity index (χ2v) is 5.13. The highest BCUT2D eigenvalue weighted by Crippen LogP contribution is 2.33. The molecule has 7 heteroatoms. The summed E-state index contributed by atoms with van der Waals surface area (Å²) in [4.78, 5) is 24.1. The van der Waals surface area contributed by atoms with Gasteiger partial charge in [0.25, 0.3) is 5.69 Å². The highest BCUT2D eigenvalue weighted by molar-refractivity contribution is 6.30. The third-order valence-electron chi connectivity index (χ3n) is 3.43. The molecule has 1 fully saturated rings. The number of piperidine rings is 1. The zero-order chi connectivity index (χ0) is 14.7. The van der Waals surface area contributed by atoms with Gasteiger partial charge in [-0.15, -0.1) is 0 Å². The van der Waals surface area contributed by atoms with Gasteiger partial charge < -0.3 is 9.64 Å². The molecule has 0 N–H and O–H groups in total. The molecule has 6 nitrogen and oxygen atoms in total. The molecule has 1 aliphatic rings. The third-order valence-corrected chi connectivity index (χ3v) is 3.67. The van der Waals surface area contributed by atoms with Gasteiger partial charge in [0.15, 0.2) is 0 Å². The van der Waals surface area contributed by atoms with E-state index in [1.54, 1.807) is 12.1 Å². The summed E-state index contributed by atoms with van der Waals surface area (Å²) in [7, 11) is 1.35. The topological polar surface area (TPSA) is 72.7 Å². The maximum Gasteiger partial charge on any atom is 0.310 e. The highest BCUT2D eigenvalue weighted by Gasteiger charge is 2.29. The molecule has 1 aromatic rings. The Balaban J connectivity index is 2.27. The van der Waals surface area contributed by atoms with Gasteiger partial charge in [-0.25, -0.2) is 0 Å². The molecule has 108 valence electrons. The monoisotopic (exact) mass is 298 g/mol. The van der Waals surface area contributed by atoms with E-state index < -0.39 is 4.92 Å². The lowest BCUT2D eigenvalue weighted by Gasteiger charge is -2.32. The first-order valence-corrected chi connectivity index (χ1v) is 6.67. The number of hydrogen-bond acceptors (Lipinski definition) is 5. The molecule has 0 unspecified atom stereocenters. The predicted octanol–water partition coefficient (Wildman–Crippen LogP) is 2.64. The molecule has 20 heavy (non-hydrogen) atoms. The molecule has 1 saturated heterocycles. The van der Waals surface area contributed by atoms with Crippen molar-refractivity contribution in [1.82, 2.24) is 0 Å². The Morgan fingerprint density at radius 1 is 1.55 bits per heavy atom. The molecule has 0 bridgehead atoms. The van der Waals surface area contributed by atoms with E-state index >= 15 is 0 Å². The standard InChI is InChI=1S/C13H15ClN2O4/c1-20-13(17)9-3-2-6-15(8-9)11-5-4-10(14)7-12(11)16(18)19/h4-5,7,9H,2-3,6,8H2,1H3/t9-/m0/s1. The number of nitro benzene ring substituents is 1. The van der Waals surface area contributed by atoms with E-state index in [-0.39, 0.29) is 17.6 Å². The van der Waals surface area contributed by atoms with Gasteiger partial charge in [0.05, 0.1) is 18.0 Å². The van der Waals surface area contributed by atoms with E-state index in [0.29, 0.717) is 23.8 Å². The van der Waals surface area contributed by atoms with Gasteiger partial charge in [-0.05, 0) is 25.0 Å². The summed E-state index contributed by atoms with van der Waals surface area (Å²) in [5.41, 5.74) is 0.455. The fraction of sp³-hybridized carbons (Fsp3) is 0.462. The van der Waals surface area contributed by atoms with E-state index in [1.165, 1.54) is 13.2 Å². The van der Waals surface area contributed by atoms with Crippen LogP contribution >= 0.6 is 11.6 Å². The molecular weight excluding hydrogens is 284 g/mol. The number of nitrogens with zero attached hydrogens (tertiary/aromatic N) is 2. The number of ether oxygens (including phenoxy) is 1. The van der Waals surface area contributed by atoms with Crippen molar-refractivity contribution >= 4 is 28.9 Å². The Labute approximate surface area is 121 Å². The van der Waals surface area contributed by atoms with Gasteiger partial charge in [-0.2, -0.15) is 0 Å². The Kier molecular flexibility index (Phi) is 4.44. The summed E-state index contributed by atoms with van der Waals surface area (Å²) in [6, 6.07) is 4.57. The Morgan fingerprint density at radius 2 is 2.30 bits per heavy atom. The van der Waals surface area contributed by atoms with Crippen LogP contribution < -0.4 is 4.90 Å². The maximum atomic E-state index is 11.6. The van der Waals surface area contributed by atoms with Crippen molar-refractivity contribution in [3.8, 4) is 0 Å². The number of methoxy groups -OCH3 is 1. The number of carbonyl (C=O) groups is 1. The normalized spacial score (nSPS) is 18.7. The van der Waals surface area contributed by atoms with Crippen molar-refractivity contribution in [2.45, 2.75) is 12.8 Å². The predicted molar refractivity (Wildman–Crippen MR) is 75.1 cm³/mol. The molecule has 1 aromatic carbocycles. The molecule has 0 spiro atoms. The number of carbonyl (C=O) groups excluding carboxylic acids is 1. The van der Waals surface area contributed by atoms with Crippen molar-refractivity contribution in [3.63, 3.8) is 0 Å². The summed E-state index contributed by atoms with van der Waals surface area (Å²) in [5, 5.41) is 11.4. The van der Waals surface area contributed by atoms with Gasteiger partial charge >= 0.3 is 5.97 Å². The number of nitro groups is 1. The number of halogens is 1. The van der Waals surface area contributed by atoms with Crippen LogP contribution in [-0.2, 0) is 9.53 Å². The van der Waals surface area contributed by atoms with Crippen LogP contribution in [0.15, 0.2) is 18.2 Å². The number of anilines is 1. The average Bonchev–Trinajstić information content (AvgIpc) is 2.46. The average molecular weight is 299 g/mol. The lowest BCUT2D eigenvalue weighted by atomic mass is 9.97. The Hall–Kier alpha value is -1.82. The van der Waals surface area contributed by atoms with E-state index in [4.69, 9.17) is 16.3 Å². The van der Waals surface area contributed by atoms with Crippen molar-refractivity contribution < 1.29 is 14.5 Å². The summed E-state index contributed by atoms with van der Waals surface area (Å²) in [5.74, 6) is -0.518. The third kappa shape index (κ3) is 3.01. The van der Waals surface area contributed by atoms with Gasteiger partial charge in [0.2, 0.25) is 0 Å². The van der Waals surface area contributed by atoms with E-state index in [9.17, 15) is 14.9 Å². The molecule has 0 aliphatic carbocycles. The van der Waals surface area contributed by atoms with Crippen LogP contribution in [0.4, 0.5) is 11.4 Å². The zero-order valence-electron chi connectivity index (χ0n) is 11.0. The lowest BCUT2D eigenvalue weighted by Crippen LogP contribution is -2.39. The molecule has 0 radical (unpaired) electrons. The second kappa shape index (κ2) is 6.09. The van der Waals surface area contributed by atoms with Crippen molar-refractivity contribution in [2.24, 2.45) is 5.92 Å². The second-order valence-electron chi connectivity index (χ2n) is 4.70. The number of rotatable bonds is 3. The van der Waals surface area contributed by atoms with Crippen molar-refractivity contribution in [1.29, 1.82) is 0 Å². The van der Waals surface area contributed by atoms with Crippen molar-refractivity contribution in [3.05, 3.63) is 33.3 Å². The van der Waals surface area contributed by atoms with Crippen LogP contribution in [0, 0.1) is 16.0 Å². The smallest absolute Gasteiger partial charge is 0.310 e. The van der Waals surface area contributed by atoms with E-state index in [1.807, 2.05) is 4.90 Å². The fourth-order valence-corrected chi connectivity index (χ4v) is 2.63. The fourth-order valence-electron chi connectivity index (χ4n) is 2.47. The van der Waals surface area contributed by atoms with Crippen LogP contribution in [0.2, 0.25) is 5.02 Å². The molecule has 2 rings (SSSR count). The zero-order valence-corrected chi connectivity index (χ0v) is 11.8. The van der Waals surface area contributed by atoms with Gasteiger partial charge in [-0.1, -0.05) is 11.6 Å². The Bertz CT molecular complexity index is 535. The minimum atomic E-state index is -0.455. The van der Waals surface area contributed by atoms with Crippen molar-refractivity contribution in [2.75, 3.05) is 25.1 Å². The largest absolute Gasteiger partial charge is 0.469 e. The molecule has 0 saturated carbocycles. The summed E-state index contributed by atoms with van der Waals surface area (Å²) >= 11 is 5.80. The van der Waals surface area contributed by atoms with Crippen LogP contribution in [-0.4, -0.2) is 31.1 Å². The van der Waals surface area contributed by atoms with Gasteiger partial charge in [-0.3, -0.25) is 14.9 Å². The summed E-state index contributed by atoms with van der Waals surface area (Å²) in [6.07, 6.45) is 1.53. The minimum absolute atomic E-state index is 0.0389. The number of hydrogen-bond donors (Lipinski definition) is 0. The molecular formula is C13H15ClN2O4. The SMILES string of the molecule is COC(=O)[C@H]1CCCN(c2ccc(Cl)cc2[N+](=O)[O-])C1. The first kappa shape index (κ1) is 14.6. The van der Waals surface area contributed by atoms with Crippen LogP contribution in [0.5, 0.6) is 0 Å². The summed E-state index contributed by atoms with van der Waals surface area (Å²) < 4.78 is 4.75. The van der Waals surface area contributed by atoms with Gasteiger partial charge in [0, 0.05) is 24.2 Å². The quantitative estimate of drug-likeness (QED) is 0.487. The van der Waals surface area contributed by atoms with Crippen LogP contribution in [0.1, 0.15) is 12.8 Å². The molecule has 1 heterocycles. The number of benzene rings is 1. The molecule has 1 atom stereocenters. The summed E-state index contributed by atoms with van der Waals surface area (Å²) in [6.45, 7) is 1.10. The molecule has 1 aliphatic heterocycles. The number of esters is 1. The Morgan fingerprint density at radius 3 is 2.95 bits per heavy atom. The molecule has 0 amide bonds. The minimum Gasteiger partial charge on any atom is -0.469 e. The maximum absolute atomic E-state index is 11.6. The first-order valence-electron chi connectivity index (χ1n) is 6.29. The first-order chi connectivity index (χ1) is 9.52. The van der Waals surface area contributed by atoms with E-state index in [2.05, 4.69) is 0 Å².